The maximum Gasteiger partial charge on any atom is 0.248 e. The quantitative estimate of drug-likeness (QED) is 0.631. The third kappa shape index (κ3) is 4.06. The van der Waals surface area contributed by atoms with E-state index in [1.807, 2.05) is 30.3 Å². The first kappa shape index (κ1) is 20.4. The van der Waals surface area contributed by atoms with Gasteiger partial charge in [0.15, 0.2) is 0 Å². The first-order valence-corrected chi connectivity index (χ1v) is 10.5. The van der Waals surface area contributed by atoms with Crippen molar-refractivity contribution in [2.75, 3.05) is 26.7 Å². The average molecular weight is 408 g/mol. The number of methoxy groups -OCH3 is 1. The molecule has 2 aromatic carbocycles. The zero-order valence-corrected chi connectivity index (χ0v) is 17.4. The van der Waals surface area contributed by atoms with Crippen molar-refractivity contribution in [3.05, 3.63) is 65.4 Å². The number of amides is 1. The maximum atomic E-state index is 11.6. The number of carbonyl (C=O) groups is 1. The first-order chi connectivity index (χ1) is 14.6. The predicted molar refractivity (Wildman–Crippen MR) is 118 cm³/mol. The van der Waals surface area contributed by atoms with Crippen molar-refractivity contribution in [3.63, 3.8) is 0 Å². The number of nitrogens with two attached hydrogens (primary N) is 1. The van der Waals surface area contributed by atoms with Crippen LogP contribution >= 0.6 is 0 Å². The summed E-state index contributed by atoms with van der Waals surface area (Å²) in [6.45, 7) is 3.01. The van der Waals surface area contributed by atoms with Crippen LogP contribution in [0.25, 0.3) is 10.9 Å². The number of primary amides is 1. The van der Waals surface area contributed by atoms with Crippen LogP contribution in [0.15, 0.2) is 48.7 Å². The highest BCUT2D eigenvalue weighted by Gasteiger charge is 2.22. The van der Waals surface area contributed by atoms with E-state index in [2.05, 4.69) is 21.7 Å². The Kier molecular flexibility index (Phi) is 6.06. The first-order valence-electron chi connectivity index (χ1n) is 10.5. The molecule has 0 atom stereocenters. The fourth-order valence-electron chi connectivity index (χ4n) is 4.55. The van der Waals surface area contributed by atoms with Gasteiger partial charge < -0.3 is 25.0 Å². The van der Waals surface area contributed by atoms with Crippen LogP contribution in [0.1, 0.15) is 40.4 Å². The van der Waals surface area contributed by atoms with E-state index in [0.29, 0.717) is 11.6 Å². The normalized spacial score (nSPS) is 15.5. The molecule has 0 spiro atoms. The number of benzene rings is 2. The molecule has 3 N–H and O–H groups in total. The fraction of sp³-hybridized carbons (Fsp3) is 0.375. The zero-order chi connectivity index (χ0) is 21.1. The Hall–Kier alpha value is -2.83. The summed E-state index contributed by atoms with van der Waals surface area (Å²) in [6.07, 6.45) is 5.10. The Morgan fingerprint density at radius 1 is 1.20 bits per heavy atom. The lowest BCUT2D eigenvalue weighted by Crippen LogP contribution is -2.36. The summed E-state index contributed by atoms with van der Waals surface area (Å²) in [7, 11) is 1.68. The summed E-state index contributed by atoms with van der Waals surface area (Å²) in [5, 5.41) is 10.8. The van der Waals surface area contributed by atoms with E-state index in [0.717, 1.165) is 66.7 Å². The van der Waals surface area contributed by atoms with E-state index in [4.69, 9.17) is 10.5 Å². The number of hydrogen-bond donors (Lipinski definition) is 2. The Balaban J connectivity index is 1.41. The number of carbonyl (C=O) groups excluding carboxylic acids is 1. The number of nitrogens with zero attached hydrogens (tertiary/aromatic N) is 2. The minimum atomic E-state index is -0.391. The van der Waals surface area contributed by atoms with Gasteiger partial charge in [-0.1, -0.05) is 18.2 Å². The molecule has 2 heterocycles. The molecule has 0 aliphatic carbocycles. The van der Waals surface area contributed by atoms with Crippen LogP contribution in [-0.2, 0) is 13.0 Å². The molecule has 6 heteroatoms. The van der Waals surface area contributed by atoms with Crippen LogP contribution in [0.4, 0.5) is 0 Å². The summed E-state index contributed by atoms with van der Waals surface area (Å²) in [5.74, 6) is 0.457. The van der Waals surface area contributed by atoms with Crippen LogP contribution in [-0.4, -0.2) is 47.2 Å². The van der Waals surface area contributed by atoms with Crippen LogP contribution in [0, 0.1) is 0 Å². The van der Waals surface area contributed by atoms with Gasteiger partial charge in [0.2, 0.25) is 5.91 Å². The lowest BCUT2D eigenvalue weighted by atomic mass is 10.0. The van der Waals surface area contributed by atoms with Crippen LogP contribution < -0.4 is 10.5 Å². The Labute approximate surface area is 176 Å². The van der Waals surface area contributed by atoms with Crippen molar-refractivity contribution in [3.8, 4) is 5.75 Å². The number of likely N-dealkylation sites (tertiary alicyclic amines) is 1. The van der Waals surface area contributed by atoms with Crippen molar-refractivity contribution >= 4 is 16.8 Å². The summed E-state index contributed by atoms with van der Waals surface area (Å²) in [6, 6.07) is 14.0. The van der Waals surface area contributed by atoms with Crippen molar-refractivity contribution in [2.24, 2.45) is 5.73 Å². The largest absolute Gasteiger partial charge is 0.496 e. The highest BCUT2D eigenvalue weighted by molar-refractivity contribution is 5.97. The third-order valence-corrected chi connectivity index (χ3v) is 6.26. The van der Waals surface area contributed by atoms with Gasteiger partial charge in [0.1, 0.15) is 5.75 Å². The molecule has 6 nitrogen and oxygen atoms in total. The van der Waals surface area contributed by atoms with Crippen LogP contribution in [0.3, 0.4) is 0 Å². The molecule has 1 fully saturated rings. The highest BCUT2D eigenvalue weighted by Crippen LogP contribution is 2.29. The number of ether oxygens (including phenoxy) is 1. The molecule has 0 bridgehead atoms. The Bertz CT molecular complexity index is 1010. The number of rotatable bonds is 7. The zero-order valence-electron chi connectivity index (χ0n) is 17.4. The number of aromatic nitrogens is 1. The molecule has 4 rings (SSSR count). The number of aliphatic hydroxyl groups excluding tert-OH is 1. The highest BCUT2D eigenvalue weighted by atomic mass is 16.5. The predicted octanol–water partition coefficient (Wildman–Crippen LogP) is 3.12. The lowest BCUT2D eigenvalue weighted by Gasteiger charge is -2.33. The van der Waals surface area contributed by atoms with Crippen LogP contribution in [0.2, 0.25) is 0 Å². The Morgan fingerprint density at radius 2 is 2.00 bits per heavy atom. The molecule has 158 valence electrons. The van der Waals surface area contributed by atoms with Gasteiger partial charge >= 0.3 is 0 Å². The van der Waals surface area contributed by atoms with Gasteiger partial charge in [-0.25, -0.2) is 0 Å². The second-order valence-corrected chi connectivity index (χ2v) is 7.94. The van der Waals surface area contributed by atoms with Gasteiger partial charge in [-0.2, -0.15) is 0 Å². The van der Waals surface area contributed by atoms with E-state index in [1.54, 1.807) is 13.2 Å². The molecular weight excluding hydrogens is 378 g/mol. The molecule has 1 saturated heterocycles. The van der Waals surface area contributed by atoms with E-state index in [-0.39, 0.29) is 6.61 Å². The number of aliphatic hydroxyl groups is 1. The third-order valence-electron chi connectivity index (χ3n) is 6.26. The van der Waals surface area contributed by atoms with Crippen molar-refractivity contribution in [1.82, 2.24) is 9.47 Å². The SMILES string of the molecule is COc1cccc(CO)c1CCN1CCC(n2ccc3ccc(C(N)=O)cc32)CC1. The van der Waals surface area contributed by atoms with Crippen LogP contribution in [0.5, 0.6) is 5.75 Å². The molecular formula is C24H29N3O3. The second-order valence-electron chi connectivity index (χ2n) is 7.94. The van der Waals surface area contributed by atoms with Gasteiger partial charge in [0.25, 0.3) is 0 Å². The molecule has 1 aliphatic rings. The molecule has 0 unspecified atom stereocenters. The molecule has 1 aliphatic heterocycles. The van der Waals surface area contributed by atoms with Gasteiger partial charge in [-0.3, -0.25) is 4.79 Å². The summed E-state index contributed by atoms with van der Waals surface area (Å²) in [4.78, 5) is 14.0. The number of piperidine rings is 1. The maximum absolute atomic E-state index is 11.6. The monoisotopic (exact) mass is 407 g/mol. The summed E-state index contributed by atoms with van der Waals surface area (Å²) >= 11 is 0. The van der Waals surface area contributed by atoms with Crippen molar-refractivity contribution in [1.29, 1.82) is 0 Å². The molecule has 1 aromatic heterocycles. The minimum Gasteiger partial charge on any atom is -0.496 e. The molecule has 0 radical (unpaired) electrons. The minimum absolute atomic E-state index is 0.0304. The summed E-state index contributed by atoms with van der Waals surface area (Å²) < 4.78 is 7.79. The fourth-order valence-corrected chi connectivity index (χ4v) is 4.55. The van der Waals surface area contributed by atoms with E-state index >= 15 is 0 Å². The van der Waals surface area contributed by atoms with Gasteiger partial charge in [0.05, 0.1) is 13.7 Å². The number of fused-ring (bicyclic) bond motifs is 1. The van der Waals surface area contributed by atoms with E-state index in [1.165, 1.54) is 0 Å². The van der Waals surface area contributed by atoms with Gasteiger partial charge in [0, 0.05) is 48.5 Å². The van der Waals surface area contributed by atoms with Gasteiger partial charge in [-0.15, -0.1) is 0 Å². The molecule has 30 heavy (non-hydrogen) atoms. The summed E-state index contributed by atoms with van der Waals surface area (Å²) in [5.41, 5.74) is 9.13. The molecule has 1 amide bonds. The van der Waals surface area contributed by atoms with E-state index < -0.39 is 5.91 Å². The molecule has 3 aromatic rings. The van der Waals surface area contributed by atoms with E-state index in [9.17, 15) is 9.90 Å². The van der Waals surface area contributed by atoms with Crippen molar-refractivity contribution < 1.29 is 14.6 Å². The topological polar surface area (TPSA) is 80.7 Å². The Morgan fingerprint density at radius 3 is 2.70 bits per heavy atom. The lowest BCUT2D eigenvalue weighted by molar-refractivity contribution is 0.100. The average Bonchev–Trinajstić information content (AvgIpc) is 3.21. The van der Waals surface area contributed by atoms with Gasteiger partial charge in [-0.05, 0) is 54.5 Å². The molecule has 0 saturated carbocycles. The smallest absolute Gasteiger partial charge is 0.248 e. The van der Waals surface area contributed by atoms with Crippen molar-refractivity contribution in [2.45, 2.75) is 31.9 Å². The number of hydrogen-bond acceptors (Lipinski definition) is 4. The second kappa shape index (κ2) is 8.90. The standard InChI is InChI=1S/C24H29N3O3/c1-30-23-4-2-3-19(16-28)21(23)10-13-26-11-8-20(9-12-26)27-14-7-17-5-6-18(24(25)29)15-22(17)27/h2-7,14-15,20,28H,8-13,16H2,1H3,(H2,25,29).